The van der Waals surface area contributed by atoms with Crippen LogP contribution in [-0.4, -0.2) is 27.3 Å². The highest BCUT2D eigenvalue weighted by atomic mass is 32.2. The molecule has 3 N–H and O–H groups in total. The summed E-state index contributed by atoms with van der Waals surface area (Å²) in [6.07, 6.45) is -2.77. The molecule has 0 aliphatic heterocycles. The van der Waals surface area contributed by atoms with Gasteiger partial charge in [0.05, 0.1) is 11.4 Å². The smallest absolute Gasteiger partial charge is 0.255 e. The van der Waals surface area contributed by atoms with Crippen molar-refractivity contribution in [3.63, 3.8) is 0 Å². The fraction of sp³-hybridized carbons (Fsp3) is 0.300. The molecule has 19 heavy (non-hydrogen) atoms. The summed E-state index contributed by atoms with van der Waals surface area (Å²) in [5.41, 5.74) is -0.458. The number of carbonyl (C=O) groups excluding carboxylic acids is 1. The first-order valence-corrected chi connectivity index (χ1v) is 6.57. The number of sulfonamides is 1. The predicted octanol–water partition coefficient (Wildman–Crippen LogP) is 0.776. The normalized spacial score (nSPS) is 11.7. The minimum absolute atomic E-state index is 0.101. The second-order valence-electron chi connectivity index (χ2n) is 3.72. The molecule has 0 aliphatic rings. The van der Waals surface area contributed by atoms with Crippen molar-refractivity contribution in [3.05, 3.63) is 29.1 Å². The summed E-state index contributed by atoms with van der Waals surface area (Å²) >= 11 is 0. The van der Waals surface area contributed by atoms with E-state index < -0.39 is 39.6 Å². The maximum atomic E-state index is 13.2. The summed E-state index contributed by atoms with van der Waals surface area (Å²) in [5.74, 6) is -2.00. The van der Waals surface area contributed by atoms with Crippen LogP contribution >= 0.6 is 0 Å². The molecule has 1 aromatic carbocycles. The van der Waals surface area contributed by atoms with Gasteiger partial charge in [-0.05, 0) is 24.6 Å². The molecule has 0 atom stereocenters. The number of nitrogens with two attached hydrogens (primary N) is 1. The van der Waals surface area contributed by atoms with Gasteiger partial charge in [-0.25, -0.2) is 26.7 Å². The molecule has 9 heteroatoms. The molecular weight excluding hydrogens is 285 g/mol. The lowest BCUT2D eigenvalue weighted by Crippen LogP contribution is -2.29. The van der Waals surface area contributed by atoms with Crippen molar-refractivity contribution in [2.45, 2.75) is 18.2 Å². The Balaban J connectivity index is 3.22. The number of amides is 1. The summed E-state index contributed by atoms with van der Waals surface area (Å²) in [4.78, 5) is 11.0. The molecule has 0 saturated heterocycles. The molecule has 0 unspecified atom stereocenters. The first-order chi connectivity index (χ1) is 8.62. The number of carbonyl (C=O) groups is 1. The Bertz CT molecular complexity index is 602. The van der Waals surface area contributed by atoms with Crippen LogP contribution in [0.1, 0.15) is 15.9 Å². The van der Waals surface area contributed by atoms with Crippen molar-refractivity contribution < 1.29 is 26.4 Å². The van der Waals surface area contributed by atoms with Gasteiger partial charge in [0.2, 0.25) is 10.0 Å². The standard InChI is InChI=1S/C10H11F3N2O3S/c1-5-7(10(16)15-4-9(12)13)2-6(11)3-8(5)19(14,17)18/h2-3,9H,4H2,1H3,(H,15,16)(H2,14,17,18). The van der Waals surface area contributed by atoms with Crippen molar-refractivity contribution >= 4 is 15.9 Å². The minimum atomic E-state index is -4.21. The van der Waals surface area contributed by atoms with Gasteiger partial charge < -0.3 is 5.32 Å². The first-order valence-electron chi connectivity index (χ1n) is 5.02. The van der Waals surface area contributed by atoms with Gasteiger partial charge in [-0.15, -0.1) is 0 Å². The fourth-order valence-electron chi connectivity index (χ4n) is 1.45. The Morgan fingerprint density at radius 2 is 2.00 bits per heavy atom. The third-order valence-corrected chi connectivity index (χ3v) is 3.33. The van der Waals surface area contributed by atoms with Crippen molar-refractivity contribution in [3.8, 4) is 0 Å². The van der Waals surface area contributed by atoms with E-state index in [1.165, 1.54) is 6.92 Å². The zero-order valence-corrected chi connectivity index (χ0v) is 10.6. The third kappa shape index (κ3) is 3.93. The molecule has 0 bridgehead atoms. The number of nitrogens with one attached hydrogen (secondary N) is 1. The van der Waals surface area contributed by atoms with E-state index in [0.717, 1.165) is 6.07 Å². The lowest BCUT2D eigenvalue weighted by atomic mass is 10.1. The number of alkyl halides is 2. The van der Waals surface area contributed by atoms with Crippen LogP contribution in [0.25, 0.3) is 0 Å². The van der Waals surface area contributed by atoms with E-state index in [9.17, 15) is 26.4 Å². The van der Waals surface area contributed by atoms with Gasteiger partial charge in [0.1, 0.15) is 5.82 Å². The average Bonchev–Trinajstić information content (AvgIpc) is 2.27. The zero-order chi connectivity index (χ0) is 14.8. The highest BCUT2D eigenvalue weighted by Gasteiger charge is 2.20. The maximum Gasteiger partial charge on any atom is 0.255 e. The lowest BCUT2D eigenvalue weighted by molar-refractivity contribution is 0.0890. The summed E-state index contributed by atoms with van der Waals surface area (Å²) < 4.78 is 59.6. The zero-order valence-electron chi connectivity index (χ0n) is 9.78. The molecule has 1 aromatic rings. The lowest BCUT2D eigenvalue weighted by Gasteiger charge is -2.10. The Morgan fingerprint density at radius 1 is 1.42 bits per heavy atom. The predicted molar refractivity (Wildman–Crippen MR) is 60.8 cm³/mol. The summed E-state index contributed by atoms with van der Waals surface area (Å²) in [6.45, 7) is 0.315. The van der Waals surface area contributed by atoms with Crippen LogP contribution in [0.5, 0.6) is 0 Å². The van der Waals surface area contributed by atoms with Gasteiger partial charge in [0, 0.05) is 5.56 Å². The number of halogens is 3. The van der Waals surface area contributed by atoms with Crippen molar-refractivity contribution in [1.29, 1.82) is 0 Å². The molecule has 106 valence electrons. The fourth-order valence-corrected chi connectivity index (χ4v) is 2.26. The molecule has 0 spiro atoms. The number of primary sulfonamides is 1. The van der Waals surface area contributed by atoms with Crippen LogP contribution in [0.4, 0.5) is 13.2 Å². The number of hydrogen-bond donors (Lipinski definition) is 2. The van der Waals surface area contributed by atoms with E-state index in [-0.39, 0.29) is 11.1 Å². The summed E-state index contributed by atoms with van der Waals surface area (Å²) in [6, 6.07) is 1.42. The molecule has 5 nitrogen and oxygen atoms in total. The van der Waals surface area contributed by atoms with Crippen molar-refractivity contribution in [2.75, 3.05) is 6.54 Å². The van der Waals surface area contributed by atoms with E-state index in [0.29, 0.717) is 6.07 Å². The maximum absolute atomic E-state index is 13.2. The van der Waals surface area contributed by atoms with Gasteiger partial charge in [-0.3, -0.25) is 4.79 Å². The van der Waals surface area contributed by atoms with Gasteiger partial charge in [0.15, 0.2) is 0 Å². The van der Waals surface area contributed by atoms with Crippen LogP contribution in [0.3, 0.4) is 0 Å². The van der Waals surface area contributed by atoms with Crippen molar-refractivity contribution in [1.82, 2.24) is 5.32 Å². The molecule has 1 amide bonds. The Morgan fingerprint density at radius 3 is 2.47 bits per heavy atom. The van der Waals surface area contributed by atoms with E-state index in [4.69, 9.17) is 5.14 Å². The largest absolute Gasteiger partial charge is 0.346 e. The topological polar surface area (TPSA) is 89.3 Å². The van der Waals surface area contributed by atoms with E-state index >= 15 is 0 Å². The van der Waals surface area contributed by atoms with E-state index in [2.05, 4.69) is 0 Å². The average molecular weight is 296 g/mol. The third-order valence-electron chi connectivity index (χ3n) is 2.29. The molecule has 0 saturated carbocycles. The highest BCUT2D eigenvalue weighted by Crippen LogP contribution is 2.20. The molecule has 0 radical (unpaired) electrons. The second kappa shape index (κ2) is 5.57. The number of rotatable bonds is 4. The second-order valence-corrected chi connectivity index (χ2v) is 5.25. The molecule has 0 aliphatic carbocycles. The van der Waals surface area contributed by atoms with Crippen LogP contribution in [-0.2, 0) is 10.0 Å². The number of hydrogen-bond acceptors (Lipinski definition) is 3. The number of benzene rings is 1. The van der Waals surface area contributed by atoms with Crippen molar-refractivity contribution in [2.24, 2.45) is 5.14 Å². The minimum Gasteiger partial charge on any atom is -0.346 e. The van der Waals surface area contributed by atoms with Gasteiger partial charge >= 0.3 is 0 Å². The first kappa shape index (κ1) is 15.4. The molecule has 0 aromatic heterocycles. The molecule has 0 heterocycles. The Labute approximate surface area is 107 Å². The van der Waals surface area contributed by atoms with Gasteiger partial charge in [-0.2, -0.15) is 0 Å². The van der Waals surface area contributed by atoms with E-state index in [1.54, 1.807) is 0 Å². The van der Waals surface area contributed by atoms with Gasteiger partial charge in [-0.1, -0.05) is 0 Å². The Hall–Kier alpha value is -1.61. The summed E-state index contributed by atoms with van der Waals surface area (Å²) in [7, 11) is -4.21. The molecule has 0 fully saturated rings. The van der Waals surface area contributed by atoms with Gasteiger partial charge in [0.25, 0.3) is 12.3 Å². The van der Waals surface area contributed by atoms with Crippen LogP contribution < -0.4 is 10.5 Å². The highest BCUT2D eigenvalue weighted by molar-refractivity contribution is 7.89. The Kier molecular flexibility index (Phi) is 4.53. The molecular formula is C10H11F3N2O3S. The van der Waals surface area contributed by atoms with Crippen LogP contribution in [0.15, 0.2) is 17.0 Å². The van der Waals surface area contributed by atoms with E-state index in [1.807, 2.05) is 5.32 Å². The van der Waals surface area contributed by atoms with Crippen LogP contribution in [0, 0.1) is 12.7 Å². The monoisotopic (exact) mass is 296 g/mol. The quantitative estimate of drug-likeness (QED) is 0.860. The summed E-state index contributed by atoms with van der Waals surface area (Å²) in [5, 5.41) is 6.73. The molecule has 1 rings (SSSR count). The SMILES string of the molecule is Cc1c(C(=O)NCC(F)F)cc(F)cc1S(N)(=O)=O. The van der Waals surface area contributed by atoms with Crippen LogP contribution in [0.2, 0.25) is 0 Å².